The van der Waals surface area contributed by atoms with E-state index in [9.17, 15) is 9.59 Å². The van der Waals surface area contributed by atoms with Gasteiger partial charge in [-0.15, -0.1) is 0 Å². The topological polar surface area (TPSA) is 110 Å². The van der Waals surface area contributed by atoms with Gasteiger partial charge in [0.25, 0.3) is 0 Å². The second kappa shape index (κ2) is 14.3. The minimum Gasteiger partial charge on any atom is -0.370 e. The van der Waals surface area contributed by atoms with Crippen molar-refractivity contribution >= 4 is 11.8 Å². The van der Waals surface area contributed by atoms with Gasteiger partial charge in [0, 0.05) is 39.0 Å². The van der Waals surface area contributed by atoms with Gasteiger partial charge in [-0.3, -0.25) is 9.59 Å². The number of primary amides is 2. The lowest BCUT2D eigenvalue weighted by Crippen LogP contribution is -2.39. The normalized spacial score (nSPS) is 14.2. The van der Waals surface area contributed by atoms with Crippen molar-refractivity contribution in [2.45, 2.75) is 51.4 Å². The molecule has 20 heavy (non-hydrogen) atoms. The summed E-state index contributed by atoms with van der Waals surface area (Å²) in [4.78, 5) is 20.8. The maximum atomic E-state index is 10.4. The second-order valence-electron chi connectivity index (χ2n) is 5.05. The Kier molecular flexibility index (Phi) is 13.5. The van der Waals surface area contributed by atoms with Gasteiger partial charge in [0.05, 0.1) is 0 Å². The van der Waals surface area contributed by atoms with E-state index >= 15 is 0 Å². The van der Waals surface area contributed by atoms with Crippen molar-refractivity contribution in [2.75, 3.05) is 26.2 Å². The molecule has 1 aliphatic rings. The fourth-order valence-electron chi connectivity index (χ4n) is 1.91. The molecule has 6 heteroatoms. The van der Waals surface area contributed by atoms with Gasteiger partial charge in [0.1, 0.15) is 0 Å². The number of amides is 2. The van der Waals surface area contributed by atoms with Crippen molar-refractivity contribution in [3.63, 3.8) is 0 Å². The van der Waals surface area contributed by atoms with Gasteiger partial charge in [-0.2, -0.15) is 0 Å². The van der Waals surface area contributed by atoms with Crippen molar-refractivity contribution in [2.24, 2.45) is 11.5 Å². The predicted molar refractivity (Wildman–Crippen MR) is 81.1 cm³/mol. The van der Waals surface area contributed by atoms with E-state index in [1.165, 1.54) is 0 Å². The molecule has 6 N–H and O–H groups in total. The van der Waals surface area contributed by atoms with Crippen LogP contribution in [0, 0.1) is 0 Å². The average Bonchev–Trinajstić information content (AvgIpc) is 2.44. The summed E-state index contributed by atoms with van der Waals surface area (Å²) in [5.74, 6) is -0.447. The molecule has 0 saturated carbocycles. The Bertz CT molecular complexity index is 224. The monoisotopic (exact) mass is 286 g/mol. The van der Waals surface area contributed by atoms with E-state index in [0.29, 0.717) is 12.8 Å². The van der Waals surface area contributed by atoms with E-state index in [2.05, 4.69) is 10.6 Å². The minimum absolute atomic E-state index is 0.223. The highest BCUT2D eigenvalue weighted by Gasteiger charge is 1.96. The Morgan fingerprint density at radius 3 is 1.20 bits per heavy atom. The quantitative estimate of drug-likeness (QED) is 0.456. The van der Waals surface area contributed by atoms with Crippen LogP contribution in [-0.2, 0) is 9.59 Å². The lowest BCUT2D eigenvalue weighted by atomic mass is 10.1. The Morgan fingerprint density at radius 1 is 0.650 bits per heavy atom. The summed E-state index contributed by atoms with van der Waals surface area (Å²) < 4.78 is 0. The highest BCUT2D eigenvalue weighted by molar-refractivity contribution is 5.73. The van der Waals surface area contributed by atoms with E-state index in [1.54, 1.807) is 0 Å². The molecule has 0 atom stereocenters. The van der Waals surface area contributed by atoms with Gasteiger partial charge in [-0.1, -0.05) is 25.7 Å². The van der Waals surface area contributed by atoms with Gasteiger partial charge >= 0.3 is 0 Å². The van der Waals surface area contributed by atoms with E-state index < -0.39 is 0 Å². The maximum Gasteiger partial charge on any atom is 0.217 e. The number of carbonyl (C=O) groups excluding carboxylic acids is 2. The zero-order valence-electron chi connectivity index (χ0n) is 12.5. The smallest absolute Gasteiger partial charge is 0.217 e. The van der Waals surface area contributed by atoms with E-state index in [-0.39, 0.29) is 11.8 Å². The van der Waals surface area contributed by atoms with Crippen molar-refractivity contribution in [3.8, 4) is 0 Å². The predicted octanol–water partition coefficient (Wildman–Crippen LogP) is 0.257. The van der Waals surface area contributed by atoms with Gasteiger partial charge in [0.15, 0.2) is 0 Å². The zero-order chi connectivity index (χ0) is 15.1. The third kappa shape index (κ3) is 16.9. The molecule has 1 saturated heterocycles. The number of piperazine rings is 1. The Hall–Kier alpha value is -1.14. The number of carbonyl (C=O) groups is 2. The standard InChI is InChI=1S/C10H20N2O2.C4H10N2/c11-9(13)7-5-3-1-2-4-6-8-10(12)14;1-2-6-4-3-5-1/h1-8H2,(H2,11,13)(H2,12,14);5-6H,1-4H2. The number of unbranched alkanes of at least 4 members (excludes halogenated alkanes) is 5. The van der Waals surface area contributed by atoms with E-state index in [1.807, 2.05) is 0 Å². The molecule has 0 spiro atoms. The molecule has 0 unspecified atom stereocenters. The van der Waals surface area contributed by atoms with Gasteiger partial charge in [0.2, 0.25) is 11.8 Å². The molecule has 0 aromatic heterocycles. The fraction of sp³-hybridized carbons (Fsp3) is 0.857. The SMILES string of the molecule is C1CNCCN1.NC(=O)CCCCCCCCC(N)=O. The lowest BCUT2D eigenvalue weighted by molar-refractivity contribution is -0.119. The summed E-state index contributed by atoms with van der Waals surface area (Å²) in [6.45, 7) is 4.56. The number of hydrogen-bond donors (Lipinski definition) is 4. The molecule has 2 amide bonds. The molecule has 1 heterocycles. The summed E-state index contributed by atoms with van der Waals surface area (Å²) in [7, 11) is 0. The van der Waals surface area contributed by atoms with Crippen molar-refractivity contribution in [1.29, 1.82) is 0 Å². The Balaban J connectivity index is 0.000000493. The van der Waals surface area contributed by atoms with Crippen molar-refractivity contribution < 1.29 is 9.59 Å². The molecule has 1 aliphatic heterocycles. The van der Waals surface area contributed by atoms with Crippen LogP contribution in [0.4, 0.5) is 0 Å². The first-order valence-electron chi connectivity index (χ1n) is 7.61. The summed E-state index contributed by atoms with van der Waals surface area (Å²) in [5, 5.41) is 6.44. The molecule has 1 fully saturated rings. The summed E-state index contributed by atoms with van der Waals surface area (Å²) >= 11 is 0. The highest BCUT2D eigenvalue weighted by atomic mass is 16.1. The number of nitrogens with one attached hydrogen (secondary N) is 2. The first kappa shape index (κ1) is 18.9. The first-order valence-corrected chi connectivity index (χ1v) is 7.61. The minimum atomic E-state index is -0.223. The molecule has 0 aromatic carbocycles. The Morgan fingerprint density at radius 2 is 0.950 bits per heavy atom. The van der Waals surface area contributed by atoms with Crippen LogP contribution in [0.15, 0.2) is 0 Å². The molecule has 0 radical (unpaired) electrons. The summed E-state index contributed by atoms with van der Waals surface area (Å²) in [5.41, 5.74) is 10.00. The van der Waals surface area contributed by atoms with E-state index in [4.69, 9.17) is 11.5 Å². The molecule has 0 bridgehead atoms. The Labute approximate surface area is 122 Å². The first-order chi connectivity index (χ1) is 9.63. The third-order valence-electron chi connectivity index (χ3n) is 3.05. The molecule has 0 aromatic rings. The van der Waals surface area contributed by atoms with Crippen LogP contribution in [0.2, 0.25) is 0 Å². The average molecular weight is 286 g/mol. The number of hydrogen-bond acceptors (Lipinski definition) is 4. The summed E-state index contributed by atoms with van der Waals surface area (Å²) in [6.07, 6.45) is 7.02. The molecule has 118 valence electrons. The van der Waals surface area contributed by atoms with Crippen molar-refractivity contribution in [1.82, 2.24) is 10.6 Å². The van der Waals surface area contributed by atoms with Gasteiger partial charge < -0.3 is 22.1 Å². The largest absolute Gasteiger partial charge is 0.370 e. The van der Waals surface area contributed by atoms with E-state index in [0.717, 1.165) is 64.7 Å². The van der Waals surface area contributed by atoms with Crippen LogP contribution >= 0.6 is 0 Å². The fourth-order valence-corrected chi connectivity index (χ4v) is 1.91. The van der Waals surface area contributed by atoms with Crippen LogP contribution in [0.25, 0.3) is 0 Å². The van der Waals surface area contributed by atoms with Crippen LogP contribution in [0.5, 0.6) is 0 Å². The maximum absolute atomic E-state index is 10.4. The molecule has 0 aliphatic carbocycles. The molecular formula is C14H30N4O2. The van der Waals surface area contributed by atoms with Crippen LogP contribution < -0.4 is 22.1 Å². The van der Waals surface area contributed by atoms with Crippen LogP contribution in [0.3, 0.4) is 0 Å². The molecule has 1 rings (SSSR count). The molecular weight excluding hydrogens is 256 g/mol. The summed E-state index contributed by atoms with van der Waals surface area (Å²) in [6, 6.07) is 0. The van der Waals surface area contributed by atoms with Gasteiger partial charge in [-0.25, -0.2) is 0 Å². The lowest BCUT2D eigenvalue weighted by Gasteiger charge is -2.11. The number of nitrogens with two attached hydrogens (primary N) is 2. The number of rotatable bonds is 9. The zero-order valence-corrected chi connectivity index (χ0v) is 12.5. The van der Waals surface area contributed by atoms with Crippen LogP contribution in [-0.4, -0.2) is 38.0 Å². The van der Waals surface area contributed by atoms with Crippen LogP contribution in [0.1, 0.15) is 51.4 Å². The highest BCUT2D eigenvalue weighted by Crippen LogP contribution is 2.07. The molecule has 6 nitrogen and oxygen atoms in total. The second-order valence-corrected chi connectivity index (χ2v) is 5.05. The van der Waals surface area contributed by atoms with Gasteiger partial charge in [-0.05, 0) is 12.8 Å². The third-order valence-corrected chi connectivity index (χ3v) is 3.05. The van der Waals surface area contributed by atoms with Crippen molar-refractivity contribution in [3.05, 3.63) is 0 Å².